The number of likely N-dealkylation sites (tertiary alicyclic amines) is 1. The Kier molecular flexibility index (Phi) is 6.83. The zero-order valence-corrected chi connectivity index (χ0v) is 17.4. The number of benzene rings is 2. The van der Waals surface area contributed by atoms with Gasteiger partial charge in [-0.05, 0) is 24.1 Å². The molecule has 0 aromatic heterocycles. The molecule has 2 fully saturated rings. The molecular weight excluding hydrogens is 358 g/mol. The molecule has 0 aliphatic carbocycles. The van der Waals surface area contributed by atoms with Crippen molar-refractivity contribution in [2.75, 3.05) is 50.7 Å². The summed E-state index contributed by atoms with van der Waals surface area (Å²) in [6.07, 6.45) is 4.51. The maximum atomic E-state index is 13.0. The van der Waals surface area contributed by atoms with Crippen molar-refractivity contribution in [1.82, 2.24) is 4.90 Å². The van der Waals surface area contributed by atoms with E-state index in [2.05, 4.69) is 70.5 Å². The molecule has 0 bridgehead atoms. The fourth-order valence-electron chi connectivity index (χ4n) is 4.79. The van der Waals surface area contributed by atoms with E-state index in [9.17, 15) is 4.79 Å². The molecule has 0 saturated carbocycles. The SMILES string of the molecule is O=C(C1CC[NH+](CCCc2ccccc2)CC1)N1CCN(c2ccccc2)CC1. The van der Waals surface area contributed by atoms with Gasteiger partial charge in [0.1, 0.15) is 0 Å². The fraction of sp³-hybridized carbons (Fsp3) is 0.480. The van der Waals surface area contributed by atoms with Gasteiger partial charge in [0.2, 0.25) is 5.91 Å². The number of piperazine rings is 1. The molecule has 2 aliphatic rings. The van der Waals surface area contributed by atoms with E-state index in [1.54, 1.807) is 4.90 Å². The summed E-state index contributed by atoms with van der Waals surface area (Å²) in [5.41, 5.74) is 2.71. The molecule has 2 heterocycles. The number of nitrogens with zero attached hydrogens (tertiary/aromatic N) is 2. The van der Waals surface area contributed by atoms with Crippen LogP contribution in [0.3, 0.4) is 0 Å². The molecule has 0 unspecified atom stereocenters. The summed E-state index contributed by atoms with van der Waals surface area (Å²) in [4.78, 5) is 19.2. The van der Waals surface area contributed by atoms with Crippen LogP contribution < -0.4 is 9.80 Å². The topological polar surface area (TPSA) is 28.0 Å². The molecule has 2 aliphatic heterocycles. The van der Waals surface area contributed by atoms with Crippen molar-refractivity contribution in [2.24, 2.45) is 5.92 Å². The summed E-state index contributed by atoms with van der Waals surface area (Å²) in [5, 5.41) is 0. The van der Waals surface area contributed by atoms with Crippen molar-refractivity contribution >= 4 is 11.6 Å². The summed E-state index contributed by atoms with van der Waals surface area (Å²) < 4.78 is 0. The number of hydrogen-bond donors (Lipinski definition) is 1. The summed E-state index contributed by atoms with van der Waals surface area (Å²) in [5.74, 6) is 0.650. The molecule has 0 spiro atoms. The summed E-state index contributed by atoms with van der Waals surface area (Å²) in [7, 11) is 0. The van der Waals surface area contributed by atoms with Gasteiger partial charge in [0.05, 0.1) is 19.6 Å². The number of amides is 1. The lowest BCUT2D eigenvalue weighted by Gasteiger charge is -2.38. The lowest BCUT2D eigenvalue weighted by molar-refractivity contribution is -0.906. The van der Waals surface area contributed by atoms with Crippen LogP contribution in [0.5, 0.6) is 0 Å². The van der Waals surface area contributed by atoms with Crippen LogP contribution in [0, 0.1) is 5.92 Å². The molecule has 2 saturated heterocycles. The number of anilines is 1. The molecule has 0 radical (unpaired) electrons. The predicted octanol–water partition coefficient (Wildman–Crippen LogP) is 2.26. The first kappa shape index (κ1) is 20.0. The standard InChI is InChI=1S/C25H33N3O/c29-25(28-20-18-27(19-21-28)24-11-5-2-6-12-24)23-13-16-26(17-14-23)15-7-10-22-8-3-1-4-9-22/h1-6,8-9,11-12,23H,7,10,13-21H2/p+1. The molecule has 29 heavy (non-hydrogen) atoms. The Balaban J connectivity index is 1.17. The van der Waals surface area contributed by atoms with E-state index in [0.29, 0.717) is 5.91 Å². The lowest BCUT2D eigenvalue weighted by atomic mass is 9.94. The average molecular weight is 393 g/mol. The summed E-state index contributed by atoms with van der Waals surface area (Å²) in [6.45, 7) is 7.13. The van der Waals surface area contributed by atoms with Crippen molar-refractivity contribution < 1.29 is 9.69 Å². The highest BCUT2D eigenvalue weighted by molar-refractivity contribution is 5.79. The minimum absolute atomic E-state index is 0.246. The number of carbonyl (C=O) groups is 1. The van der Waals surface area contributed by atoms with Gasteiger partial charge >= 0.3 is 0 Å². The number of rotatable bonds is 6. The second-order valence-corrected chi connectivity index (χ2v) is 8.51. The maximum absolute atomic E-state index is 13.0. The smallest absolute Gasteiger partial charge is 0.226 e. The minimum atomic E-state index is 0.246. The second-order valence-electron chi connectivity index (χ2n) is 8.51. The maximum Gasteiger partial charge on any atom is 0.226 e. The van der Waals surface area contributed by atoms with Crippen molar-refractivity contribution in [1.29, 1.82) is 0 Å². The number of aryl methyl sites for hydroxylation is 1. The average Bonchev–Trinajstić information content (AvgIpc) is 2.80. The molecule has 1 amide bonds. The second kappa shape index (κ2) is 9.93. The molecule has 1 N–H and O–H groups in total. The highest BCUT2D eigenvalue weighted by Crippen LogP contribution is 2.19. The zero-order valence-electron chi connectivity index (χ0n) is 17.4. The van der Waals surface area contributed by atoms with Gasteiger partial charge in [-0.25, -0.2) is 0 Å². The molecule has 2 aromatic rings. The highest BCUT2D eigenvalue weighted by atomic mass is 16.2. The number of piperidine rings is 1. The molecule has 0 atom stereocenters. The van der Waals surface area contributed by atoms with E-state index < -0.39 is 0 Å². The van der Waals surface area contributed by atoms with Gasteiger partial charge in [0.25, 0.3) is 0 Å². The number of quaternary nitrogens is 1. The summed E-state index contributed by atoms with van der Waals surface area (Å²) >= 11 is 0. The van der Waals surface area contributed by atoms with Crippen LogP contribution in [0.4, 0.5) is 5.69 Å². The Morgan fingerprint density at radius 3 is 2.14 bits per heavy atom. The first-order chi connectivity index (χ1) is 14.3. The van der Waals surface area contributed by atoms with E-state index in [1.807, 2.05) is 0 Å². The minimum Gasteiger partial charge on any atom is -0.368 e. The molecule has 4 rings (SSSR count). The van der Waals surface area contributed by atoms with Gasteiger partial charge in [0.15, 0.2) is 0 Å². The first-order valence-corrected chi connectivity index (χ1v) is 11.3. The Bertz CT molecular complexity index is 748. The molecule has 154 valence electrons. The van der Waals surface area contributed by atoms with E-state index in [0.717, 1.165) is 52.1 Å². The van der Waals surface area contributed by atoms with Crippen molar-refractivity contribution in [3.63, 3.8) is 0 Å². The third-order valence-electron chi connectivity index (χ3n) is 6.59. The normalized spacial score (nSPS) is 22.5. The third-order valence-corrected chi connectivity index (χ3v) is 6.59. The Morgan fingerprint density at radius 2 is 1.48 bits per heavy atom. The van der Waals surface area contributed by atoms with Crippen LogP contribution in [0.25, 0.3) is 0 Å². The lowest BCUT2D eigenvalue weighted by Crippen LogP contribution is -3.13. The first-order valence-electron chi connectivity index (χ1n) is 11.3. The quantitative estimate of drug-likeness (QED) is 0.817. The number of carbonyl (C=O) groups excluding carboxylic acids is 1. The molecule has 4 heteroatoms. The van der Waals surface area contributed by atoms with Crippen LogP contribution in [0.15, 0.2) is 60.7 Å². The van der Waals surface area contributed by atoms with Gasteiger partial charge in [-0.2, -0.15) is 0 Å². The fourth-order valence-corrected chi connectivity index (χ4v) is 4.79. The van der Waals surface area contributed by atoms with Crippen LogP contribution in [-0.2, 0) is 11.2 Å². The van der Waals surface area contributed by atoms with Crippen molar-refractivity contribution in [3.8, 4) is 0 Å². The molecule has 4 nitrogen and oxygen atoms in total. The van der Waals surface area contributed by atoms with Gasteiger partial charge in [-0.1, -0.05) is 48.5 Å². The Labute approximate surface area is 175 Å². The van der Waals surface area contributed by atoms with E-state index >= 15 is 0 Å². The predicted molar refractivity (Wildman–Crippen MR) is 118 cm³/mol. The monoisotopic (exact) mass is 392 g/mol. The van der Waals surface area contributed by atoms with E-state index in [4.69, 9.17) is 0 Å². The van der Waals surface area contributed by atoms with E-state index in [-0.39, 0.29) is 5.92 Å². The van der Waals surface area contributed by atoms with Crippen molar-refractivity contribution in [2.45, 2.75) is 25.7 Å². The number of hydrogen-bond acceptors (Lipinski definition) is 2. The Hall–Kier alpha value is -2.33. The third kappa shape index (κ3) is 5.39. The number of nitrogens with one attached hydrogen (secondary N) is 1. The van der Waals surface area contributed by atoms with Crippen LogP contribution in [-0.4, -0.2) is 56.6 Å². The van der Waals surface area contributed by atoms with Crippen LogP contribution in [0.1, 0.15) is 24.8 Å². The van der Waals surface area contributed by atoms with Gasteiger partial charge in [0, 0.05) is 57.0 Å². The van der Waals surface area contributed by atoms with Crippen molar-refractivity contribution in [3.05, 3.63) is 66.2 Å². The van der Waals surface area contributed by atoms with E-state index in [1.165, 1.54) is 30.6 Å². The van der Waals surface area contributed by atoms with Gasteiger partial charge in [-0.15, -0.1) is 0 Å². The number of para-hydroxylation sites is 1. The van der Waals surface area contributed by atoms with Gasteiger partial charge < -0.3 is 14.7 Å². The van der Waals surface area contributed by atoms with Crippen LogP contribution in [0.2, 0.25) is 0 Å². The highest BCUT2D eigenvalue weighted by Gasteiger charge is 2.31. The summed E-state index contributed by atoms with van der Waals surface area (Å²) in [6, 6.07) is 21.3. The van der Waals surface area contributed by atoms with Crippen LogP contribution >= 0.6 is 0 Å². The van der Waals surface area contributed by atoms with Gasteiger partial charge in [-0.3, -0.25) is 4.79 Å². The largest absolute Gasteiger partial charge is 0.368 e. The molecular formula is C25H34N3O+. The Morgan fingerprint density at radius 1 is 0.862 bits per heavy atom. The molecule has 2 aromatic carbocycles. The zero-order chi connectivity index (χ0) is 19.9.